The van der Waals surface area contributed by atoms with Crippen molar-refractivity contribution in [3.05, 3.63) is 64.9 Å². The summed E-state index contributed by atoms with van der Waals surface area (Å²) >= 11 is 1.45. The lowest BCUT2D eigenvalue weighted by molar-refractivity contribution is -0.137. The number of amides is 2. The van der Waals surface area contributed by atoms with Gasteiger partial charge in [0.1, 0.15) is 0 Å². The molecule has 3 aromatic rings. The summed E-state index contributed by atoms with van der Waals surface area (Å²) in [7, 11) is -3.56. The Hall–Kier alpha value is -2.85. The second-order valence-electron chi connectivity index (χ2n) is 8.31. The topological polar surface area (TPSA) is 75.3 Å². The zero-order chi connectivity index (χ0) is 24.3. The molecule has 0 spiro atoms. The third-order valence-corrected chi connectivity index (χ3v) is 8.37. The number of hydrogen-bond donors (Lipinski definition) is 2. The van der Waals surface area contributed by atoms with E-state index in [9.17, 15) is 26.4 Å². The van der Waals surface area contributed by atoms with Gasteiger partial charge in [-0.15, -0.1) is 0 Å². The predicted octanol–water partition coefficient (Wildman–Crippen LogP) is 7.04. The van der Waals surface area contributed by atoms with Gasteiger partial charge < -0.3 is 10.6 Å². The van der Waals surface area contributed by atoms with Crippen LogP contribution in [0.3, 0.4) is 0 Å². The normalized spacial score (nSPS) is 14.8. The van der Waals surface area contributed by atoms with E-state index in [4.69, 9.17) is 0 Å². The summed E-state index contributed by atoms with van der Waals surface area (Å²) in [5.41, 5.74) is 0.744. The molecule has 0 saturated heterocycles. The number of halogens is 3. The van der Waals surface area contributed by atoms with Crippen molar-refractivity contribution < 1.29 is 26.4 Å². The molecule has 1 aliphatic rings. The highest BCUT2D eigenvalue weighted by atomic mass is 32.2. The summed E-state index contributed by atoms with van der Waals surface area (Å²) in [5.74, 6) is 0.183. The van der Waals surface area contributed by atoms with Crippen LogP contribution in [0.2, 0.25) is 0 Å². The SMILES string of the molecule is O=C(Nc1cccc(C(F)(F)F)c1)Nc1cc(S(=O)(=O)CC2CCCC2)ccc1-c1ccsc1. The molecule has 0 radical (unpaired) electrons. The van der Waals surface area contributed by atoms with E-state index in [1.54, 1.807) is 6.07 Å². The first kappa shape index (κ1) is 24.3. The summed E-state index contributed by atoms with van der Waals surface area (Å²) in [6.07, 6.45) is -0.713. The van der Waals surface area contributed by atoms with Crippen LogP contribution in [0, 0.1) is 5.92 Å². The van der Waals surface area contributed by atoms with Gasteiger partial charge in [0.05, 0.1) is 21.9 Å². The minimum absolute atomic E-state index is 0.0329. The van der Waals surface area contributed by atoms with E-state index in [0.29, 0.717) is 5.56 Å². The molecule has 2 aromatic carbocycles. The number of benzene rings is 2. The van der Waals surface area contributed by atoms with Gasteiger partial charge in [0.15, 0.2) is 9.84 Å². The molecule has 34 heavy (non-hydrogen) atoms. The number of anilines is 2. The molecule has 2 amide bonds. The minimum Gasteiger partial charge on any atom is -0.308 e. The van der Waals surface area contributed by atoms with Crippen LogP contribution in [-0.2, 0) is 16.0 Å². The van der Waals surface area contributed by atoms with Gasteiger partial charge in [-0.05, 0) is 71.5 Å². The monoisotopic (exact) mass is 508 g/mol. The molecule has 180 valence electrons. The Balaban J connectivity index is 1.60. The third kappa shape index (κ3) is 5.79. The second kappa shape index (κ2) is 9.79. The second-order valence-corrected chi connectivity index (χ2v) is 11.1. The van der Waals surface area contributed by atoms with Crippen molar-refractivity contribution in [2.75, 3.05) is 16.4 Å². The van der Waals surface area contributed by atoms with E-state index >= 15 is 0 Å². The van der Waals surface area contributed by atoms with Crippen molar-refractivity contribution in [2.24, 2.45) is 5.92 Å². The van der Waals surface area contributed by atoms with Gasteiger partial charge >= 0.3 is 12.2 Å². The molecular weight excluding hydrogens is 485 g/mol. The molecular formula is C24H23F3N2O3S2. The molecule has 4 rings (SSSR count). The molecule has 0 bridgehead atoms. The van der Waals surface area contributed by atoms with E-state index < -0.39 is 27.6 Å². The van der Waals surface area contributed by atoms with Gasteiger partial charge in [-0.2, -0.15) is 24.5 Å². The zero-order valence-electron chi connectivity index (χ0n) is 18.1. The van der Waals surface area contributed by atoms with Crippen LogP contribution in [-0.4, -0.2) is 20.2 Å². The number of urea groups is 1. The Labute approximate surface area is 199 Å². The average molecular weight is 509 g/mol. The Morgan fingerprint density at radius 1 is 1.03 bits per heavy atom. The lowest BCUT2D eigenvalue weighted by Crippen LogP contribution is -2.21. The number of thiophene rings is 1. The van der Waals surface area contributed by atoms with Crippen molar-refractivity contribution in [2.45, 2.75) is 36.8 Å². The molecule has 1 saturated carbocycles. The van der Waals surface area contributed by atoms with E-state index in [1.165, 1.54) is 35.6 Å². The zero-order valence-corrected chi connectivity index (χ0v) is 19.7. The summed E-state index contributed by atoms with van der Waals surface area (Å²) in [6, 6.07) is 9.95. The van der Waals surface area contributed by atoms with Crippen LogP contribution in [0.1, 0.15) is 31.2 Å². The summed E-state index contributed by atoms with van der Waals surface area (Å²) in [5, 5.41) is 8.73. The maximum absolute atomic E-state index is 13.0. The lowest BCUT2D eigenvalue weighted by atomic mass is 10.1. The third-order valence-electron chi connectivity index (χ3n) is 5.81. The highest BCUT2D eigenvalue weighted by Gasteiger charge is 2.30. The smallest absolute Gasteiger partial charge is 0.308 e. The van der Waals surface area contributed by atoms with E-state index in [0.717, 1.165) is 43.4 Å². The standard InChI is InChI=1S/C24H23F3N2O3S2/c25-24(26,27)18-6-3-7-19(12-18)28-23(30)29-22-13-20(8-9-21(22)17-10-11-33-14-17)34(31,32)15-16-4-1-2-5-16/h3,6-14,16H,1-2,4-5,15H2,(H2,28,29,30). The van der Waals surface area contributed by atoms with Crippen LogP contribution >= 0.6 is 11.3 Å². The molecule has 1 fully saturated rings. The molecule has 1 heterocycles. The molecule has 0 unspecified atom stereocenters. The fraction of sp³-hybridized carbons (Fsp3) is 0.292. The minimum atomic E-state index is -4.54. The van der Waals surface area contributed by atoms with E-state index in [2.05, 4.69) is 10.6 Å². The van der Waals surface area contributed by atoms with Crippen LogP contribution in [0.5, 0.6) is 0 Å². The Morgan fingerprint density at radius 3 is 2.47 bits per heavy atom. The summed E-state index contributed by atoms with van der Waals surface area (Å²) < 4.78 is 65.0. The first-order chi connectivity index (χ1) is 16.1. The number of carbonyl (C=O) groups is 1. The van der Waals surface area contributed by atoms with Gasteiger partial charge in [0.25, 0.3) is 0 Å². The first-order valence-electron chi connectivity index (χ1n) is 10.8. The molecule has 1 aliphatic carbocycles. The average Bonchev–Trinajstić information content (AvgIpc) is 3.47. The van der Waals surface area contributed by atoms with Crippen molar-refractivity contribution in [3.8, 4) is 11.1 Å². The number of alkyl halides is 3. The van der Waals surface area contributed by atoms with Crippen LogP contribution in [0.25, 0.3) is 11.1 Å². The van der Waals surface area contributed by atoms with E-state index in [-0.39, 0.29) is 27.9 Å². The van der Waals surface area contributed by atoms with Gasteiger partial charge in [0.2, 0.25) is 0 Å². The number of sulfone groups is 1. The molecule has 0 aliphatic heterocycles. The number of rotatable bonds is 6. The highest BCUT2D eigenvalue weighted by Crippen LogP contribution is 2.34. The van der Waals surface area contributed by atoms with Crippen molar-refractivity contribution in [1.29, 1.82) is 0 Å². The number of hydrogen-bond acceptors (Lipinski definition) is 4. The molecule has 10 heteroatoms. The summed E-state index contributed by atoms with van der Waals surface area (Å²) in [6.45, 7) is 0. The van der Waals surface area contributed by atoms with Gasteiger partial charge in [-0.3, -0.25) is 0 Å². The fourth-order valence-electron chi connectivity index (χ4n) is 4.13. The fourth-order valence-corrected chi connectivity index (χ4v) is 6.51. The Morgan fingerprint density at radius 2 is 1.79 bits per heavy atom. The Kier molecular flexibility index (Phi) is 6.99. The van der Waals surface area contributed by atoms with Gasteiger partial charge in [-0.1, -0.05) is 25.0 Å². The van der Waals surface area contributed by atoms with Crippen molar-refractivity contribution in [1.82, 2.24) is 0 Å². The van der Waals surface area contributed by atoms with Crippen LogP contribution in [0.15, 0.2) is 64.2 Å². The lowest BCUT2D eigenvalue weighted by Gasteiger charge is -2.15. The van der Waals surface area contributed by atoms with Crippen LogP contribution < -0.4 is 10.6 Å². The Bertz CT molecular complexity index is 1270. The van der Waals surface area contributed by atoms with Gasteiger partial charge in [-0.25, -0.2) is 13.2 Å². The molecule has 2 N–H and O–H groups in total. The number of nitrogens with one attached hydrogen (secondary N) is 2. The molecule has 5 nitrogen and oxygen atoms in total. The van der Waals surface area contributed by atoms with Crippen LogP contribution in [0.4, 0.5) is 29.3 Å². The largest absolute Gasteiger partial charge is 0.416 e. The molecule has 0 atom stereocenters. The predicted molar refractivity (Wildman–Crippen MR) is 128 cm³/mol. The van der Waals surface area contributed by atoms with E-state index in [1.807, 2.05) is 16.8 Å². The quantitative estimate of drug-likeness (QED) is 0.375. The first-order valence-corrected chi connectivity index (χ1v) is 13.4. The number of carbonyl (C=O) groups excluding carboxylic acids is 1. The molecule has 1 aromatic heterocycles. The summed E-state index contributed by atoms with van der Waals surface area (Å²) in [4.78, 5) is 12.8. The van der Waals surface area contributed by atoms with Gasteiger partial charge in [0, 0.05) is 11.3 Å². The highest BCUT2D eigenvalue weighted by molar-refractivity contribution is 7.91. The maximum Gasteiger partial charge on any atom is 0.416 e. The van der Waals surface area contributed by atoms with Crippen molar-refractivity contribution >= 4 is 38.6 Å². The van der Waals surface area contributed by atoms with Crippen molar-refractivity contribution in [3.63, 3.8) is 0 Å². The maximum atomic E-state index is 13.0.